The lowest BCUT2D eigenvalue weighted by Gasteiger charge is -2.06. The predicted molar refractivity (Wildman–Crippen MR) is 79.6 cm³/mol. The highest BCUT2D eigenvalue weighted by Crippen LogP contribution is 2.14. The number of nitrogens with one attached hydrogen (secondary N) is 2. The Morgan fingerprint density at radius 3 is 2.64 bits per heavy atom. The SMILES string of the molecule is O=C(O)Cc1ccc(NC(=O)c2ccc3[nH]nnc3c2)cc1. The highest BCUT2D eigenvalue weighted by atomic mass is 16.4. The van der Waals surface area contributed by atoms with Crippen LogP contribution >= 0.6 is 0 Å². The van der Waals surface area contributed by atoms with Gasteiger partial charge in [-0.2, -0.15) is 0 Å². The molecule has 0 aliphatic heterocycles. The molecule has 0 atom stereocenters. The number of aromatic amines is 1. The standard InChI is InChI=1S/C15H12N4O3/c20-14(21)7-9-1-4-11(5-2-9)16-15(22)10-3-6-12-13(8-10)18-19-17-12/h1-6,8H,7H2,(H,16,22)(H,20,21)(H,17,18,19). The van der Waals surface area contributed by atoms with E-state index in [1.807, 2.05) is 0 Å². The van der Waals surface area contributed by atoms with Crippen molar-refractivity contribution in [3.63, 3.8) is 0 Å². The summed E-state index contributed by atoms with van der Waals surface area (Å²) in [4.78, 5) is 22.8. The summed E-state index contributed by atoms with van der Waals surface area (Å²) < 4.78 is 0. The van der Waals surface area contributed by atoms with Gasteiger partial charge in [0.05, 0.1) is 11.9 Å². The quantitative estimate of drug-likeness (QED) is 0.680. The summed E-state index contributed by atoms with van der Waals surface area (Å²) in [6.07, 6.45) is -0.0446. The van der Waals surface area contributed by atoms with Crippen LogP contribution in [0.2, 0.25) is 0 Å². The van der Waals surface area contributed by atoms with Crippen molar-refractivity contribution in [1.29, 1.82) is 0 Å². The first-order chi connectivity index (χ1) is 10.6. The van der Waals surface area contributed by atoms with Gasteiger partial charge in [0.2, 0.25) is 0 Å². The van der Waals surface area contributed by atoms with Crippen molar-refractivity contribution in [2.45, 2.75) is 6.42 Å². The molecule has 3 aromatic rings. The average Bonchev–Trinajstić information content (AvgIpc) is 2.96. The Bertz CT molecular complexity index is 839. The number of carbonyl (C=O) groups is 2. The zero-order valence-electron chi connectivity index (χ0n) is 11.4. The van der Waals surface area contributed by atoms with Crippen molar-refractivity contribution in [2.75, 3.05) is 5.32 Å². The predicted octanol–water partition coefficient (Wildman–Crippen LogP) is 1.84. The Labute approximate surface area is 125 Å². The second-order valence-electron chi connectivity index (χ2n) is 4.77. The number of carbonyl (C=O) groups excluding carboxylic acids is 1. The third-order valence-electron chi connectivity index (χ3n) is 3.16. The van der Waals surface area contributed by atoms with Gasteiger partial charge in [-0.1, -0.05) is 17.3 Å². The highest BCUT2D eigenvalue weighted by Gasteiger charge is 2.08. The number of nitrogens with zero attached hydrogens (tertiary/aromatic N) is 2. The van der Waals surface area contributed by atoms with Gasteiger partial charge < -0.3 is 10.4 Å². The van der Waals surface area contributed by atoms with Crippen LogP contribution < -0.4 is 5.32 Å². The molecule has 0 spiro atoms. The molecule has 1 aromatic heterocycles. The molecule has 0 aliphatic carbocycles. The molecule has 0 aliphatic rings. The van der Waals surface area contributed by atoms with Crippen LogP contribution in [0.1, 0.15) is 15.9 Å². The van der Waals surface area contributed by atoms with Crippen LogP contribution in [0.3, 0.4) is 0 Å². The first-order valence-corrected chi connectivity index (χ1v) is 6.55. The second-order valence-corrected chi connectivity index (χ2v) is 4.77. The first kappa shape index (κ1) is 13.7. The highest BCUT2D eigenvalue weighted by molar-refractivity contribution is 6.05. The zero-order chi connectivity index (χ0) is 15.5. The number of rotatable bonds is 4. The minimum Gasteiger partial charge on any atom is -0.481 e. The molecule has 7 nitrogen and oxygen atoms in total. The van der Waals surface area contributed by atoms with Crippen molar-refractivity contribution >= 4 is 28.6 Å². The Morgan fingerprint density at radius 1 is 1.14 bits per heavy atom. The fourth-order valence-corrected chi connectivity index (χ4v) is 2.07. The number of benzene rings is 2. The summed E-state index contributed by atoms with van der Waals surface area (Å²) in [5, 5.41) is 21.7. The molecule has 1 heterocycles. The zero-order valence-corrected chi connectivity index (χ0v) is 11.4. The van der Waals surface area contributed by atoms with Gasteiger partial charge in [-0.05, 0) is 35.9 Å². The monoisotopic (exact) mass is 296 g/mol. The van der Waals surface area contributed by atoms with Crippen LogP contribution in [-0.4, -0.2) is 32.4 Å². The van der Waals surface area contributed by atoms with E-state index in [1.54, 1.807) is 42.5 Å². The van der Waals surface area contributed by atoms with Crippen molar-refractivity contribution in [3.05, 3.63) is 53.6 Å². The van der Waals surface area contributed by atoms with Gasteiger partial charge in [0.25, 0.3) is 5.91 Å². The summed E-state index contributed by atoms with van der Waals surface area (Å²) in [5.41, 5.74) is 3.11. The number of carboxylic acid groups (broad SMARTS) is 1. The Morgan fingerprint density at radius 2 is 1.91 bits per heavy atom. The molecule has 2 aromatic carbocycles. The second kappa shape index (κ2) is 5.65. The molecule has 0 bridgehead atoms. The number of carboxylic acids is 1. The first-order valence-electron chi connectivity index (χ1n) is 6.55. The fourth-order valence-electron chi connectivity index (χ4n) is 2.07. The molecule has 0 unspecified atom stereocenters. The molecular formula is C15H12N4O3. The van der Waals surface area contributed by atoms with Gasteiger partial charge in [-0.15, -0.1) is 5.10 Å². The van der Waals surface area contributed by atoms with Crippen LogP contribution in [-0.2, 0) is 11.2 Å². The Balaban J connectivity index is 1.74. The van der Waals surface area contributed by atoms with Gasteiger partial charge in [0.1, 0.15) is 5.52 Å². The molecule has 7 heteroatoms. The van der Waals surface area contributed by atoms with E-state index in [2.05, 4.69) is 20.7 Å². The van der Waals surface area contributed by atoms with Crippen molar-refractivity contribution in [3.8, 4) is 0 Å². The van der Waals surface area contributed by atoms with Gasteiger partial charge in [-0.3, -0.25) is 14.7 Å². The topological polar surface area (TPSA) is 108 Å². The number of aromatic nitrogens is 3. The van der Waals surface area contributed by atoms with E-state index in [0.717, 1.165) is 5.52 Å². The number of hydrogen-bond acceptors (Lipinski definition) is 4. The molecule has 0 radical (unpaired) electrons. The van der Waals surface area contributed by atoms with Crippen LogP contribution in [0.15, 0.2) is 42.5 Å². The van der Waals surface area contributed by atoms with Crippen LogP contribution in [0, 0.1) is 0 Å². The molecule has 0 saturated heterocycles. The molecule has 110 valence electrons. The summed E-state index contributed by atoms with van der Waals surface area (Å²) in [5.74, 6) is -1.16. The van der Waals surface area contributed by atoms with Crippen molar-refractivity contribution in [1.82, 2.24) is 15.4 Å². The molecule has 1 amide bonds. The number of aliphatic carboxylic acids is 1. The van der Waals surface area contributed by atoms with Crippen LogP contribution in [0.4, 0.5) is 5.69 Å². The maximum absolute atomic E-state index is 12.2. The third kappa shape index (κ3) is 2.93. The lowest BCUT2D eigenvalue weighted by Crippen LogP contribution is -2.11. The largest absolute Gasteiger partial charge is 0.481 e. The van der Waals surface area contributed by atoms with Gasteiger partial charge >= 0.3 is 5.97 Å². The van der Waals surface area contributed by atoms with Crippen LogP contribution in [0.25, 0.3) is 11.0 Å². The fraction of sp³-hybridized carbons (Fsp3) is 0.0667. The molecule has 3 N–H and O–H groups in total. The van der Waals surface area contributed by atoms with Gasteiger partial charge in [0, 0.05) is 11.3 Å². The minimum absolute atomic E-state index is 0.0446. The van der Waals surface area contributed by atoms with Crippen molar-refractivity contribution < 1.29 is 14.7 Å². The molecule has 22 heavy (non-hydrogen) atoms. The number of amides is 1. The van der Waals surface area contributed by atoms with Crippen molar-refractivity contribution in [2.24, 2.45) is 0 Å². The average molecular weight is 296 g/mol. The van der Waals surface area contributed by atoms with Gasteiger partial charge in [-0.25, -0.2) is 0 Å². The summed E-state index contributed by atoms with van der Waals surface area (Å²) in [6.45, 7) is 0. The summed E-state index contributed by atoms with van der Waals surface area (Å²) >= 11 is 0. The van der Waals surface area contributed by atoms with Crippen LogP contribution in [0.5, 0.6) is 0 Å². The Kier molecular flexibility index (Phi) is 3.53. The maximum atomic E-state index is 12.2. The number of fused-ring (bicyclic) bond motifs is 1. The van der Waals surface area contributed by atoms with E-state index >= 15 is 0 Å². The van der Waals surface area contributed by atoms with E-state index < -0.39 is 5.97 Å². The summed E-state index contributed by atoms with van der Waals surface area (Å²) in [7, 11) is 0. The van der Waals surface area contributed by atoms with Gasteiger partial charge in [0.15, 0.2) is 0 Å². The number of H-pyrrole nitrogens is 1. The van der Waals surface area contributed by atoms with E-state index in [9.17, 15) is 9.59 Å². The van der Waals surface area contributed by atoms with E-state index in [-0.39, 0.29) is 12.3 Å². The number of anilines is 1. The molecule has 0 saturated carbocycles. The molecular weight excluding hydrogens is 284 g/mol. The van der Waals surface area contributed by atoms with E-state index in [4.69, 9.17) is 5.11 Å². The Hall–Kier alpha value is -3.22. The lowest BCUT2D eigenvalue weighted by molar-refractivity contribution is -0.136. The van der Waals surface area contributed by atoms with E-state index in [0.29, 0.717) is 22.3 Å². The smallest absolute Gasteiger partial charge is 0.307 e. The number of hydrogen-bond donors (Lipinski definition) is 3. The molecule has 0 fully saturated rings. The summed E-state index contributed by atoms with van der Waals surface area (Å²) in [6, 6.07) is 11.7. The lowest BCUT2D eigenvalue weighted by atomic mass is 10.1. The third-order valence-corrected chi connectivity index (χ3v) is 3.16. The maximum Gasteiger partial charge on any atom is 0.307 e. The molecule has 3 rings (SSSR count). The van der Waals surface area contributed by atoms with E-state index in [1.165, 1.54) is 0 Å². The minimum atomic E-state index is -0.891. The normalized spacial score (nSPS) is 10.5.